The molecule has 2 amide bonds. The van der Waals surface area contributed by atoms with E-state index in [9.17, 15) is 9.59 Å². The minimum absolute atomic E-state index is 0.241. The van der Waals surface area contributed by atoms with E-state index in [1.165, 1.54) is 22.4 Å². The van der Waals surface area contributed by atoms with Gasteiger partial charge in [-0.2, -0.15) is 5.10 Å². The lowest BCUT2D eigenvalue weighted by molar-refractivity contribution is 0.102. The summed E-state index contributed by atoms with van der Waals surface area (Å²) in [6, 6.07) is 5.15. The van der Waals surface area contributed by atoms with Gasteiger partial charge in [0.05, 0.1) is 11.1 Å². The fourth-order valence-corrected chi connectivity index (χ4v) is 4.51. The van der Waals surface area contributed by atoms with Crippen molar-refractivity contribution in [3.63, 3.8) is 0 Å². The quantitative estimate of drug-likeness (QED) is 0.726. The summed E-state index contributed by atoms with van der Waals surface area (Å²) in [6.07, 6.45) is 8.83. The van der Waals surface area contributed by atoms with Crippen molar-refractivity contribution in [1.82, 2.24) is 14.8 Å². The molecule has 0 bridgehead atoms. The van der Waals surface area contributed by atoms with Crippen molar-refractivity contribution in [3.8, 4) is 0 Å². The Kier molecular flexibility index (Phi) is 4.72. The van der Waals surface area contributed by atoms with Crippen molar-refractivity contribution in [2.24, 2.45) is 7.05 Å². The maximum atomic E-state index is 13.0. The highest BCUT2D eigenvalue weighted by Gasteiger charge is 2.27. The lowest BCUT2D eigenvalue weighted by Crippen LogP contribution is -2.19. The first-order valence-corrected chi connectivity index (χ1v) is 9.60. The van der Waals surface area contributed by atoms with Crippen LogP contribution >= 0.6 is 11.3 Å². The molecular formula is C19H19N5O2S. The molecule has 0 fully saturated rings. The number of thiophene rings is 1. The Balaban J connectivity index is 1.65. The van der Waals surface area contributed by atoms with E-state index in [4.69, 9.17) is 0 Å². The zero-order chi connectivity index (χ0) is 18.8. The van der Waals surface area contributed by atoms with Gasteiger partial charge in [-0.25, -0.2) is 0 Å². The Hall–Kier alpha value is -3.00. The van der Waals surface area contributed by atoms with Crippen molar-refractivity contribution >= 4 is 34.0 Å². The fraction of sp³-hybridized carbons (Fsp3) is 0.263. The van der Waals surface area contributed by atoms with E-state index in [0.717, 1.165) is 31.2 Å². The van der Waals surface area contributed by atoms with Gasteiger partial charge in [0.1, 0.15) is 5.00 Å². The average Bonchev–Trinajstić information content (AvgIpc) is 3.25. The Morgan fingerprint density at radius 2 is 2.00 bits per heavy atom. The highest BCUT2D eigenvalue weighted by Crippen LogP contribution is 2.38. The average molecular weight is 381 g/mol. The Morgan fingerprint density at radius 1 is 1.15 bits per heavy atom. The zero-order valence-corrected chi connectivity index (χ0v) is 15.7. The molecule has 0 aromatic carbocycles. The van der Waals surface area contributed by atoms with E-state index in [1.54, 1.807) is 42.3 Å². The summed E-state index contributed by atoms with van der Waals surface area (Å²) in [7, 11) is 1.79. The van der Waals surface area contributed by atoms with Crippen LogP contribution in [0.25, 0.3) is 0 Å². The number of hydrogen-bond donors (Lipinski definition) is 2. The highest BCUT2D eigenvalue weighted by atomic mass is 32.1. The van der Waals surface area contributed by atoms with Crippen LogP contribution in [0.3, 0.4) is 0 Å². The molecule has 8 heteroatoms. The van der Waals surface area contributed by atoms with Crippen LogP contribution in [0.5, 0.6) is 0 Å². The van der Waals surface area contributed by atoms with E-state index >= 15 is 0 Å². The number of anilines is 2. The second-order valence-corrected chi connectivity index (χ2v) is 7.54. The second-order valence-electron chi connectivity index (χ2n) is 6.44. The molecule has 4 rings (SSSR count). The van der Waals surface area contributed by atoms with Crippen LogP contribution in [0.4, 0.5) is 10.8 Å². The zero-order valence-electron chi connectivity index (χ0n) is 14.9. The molecule has 27 heavy (non-hydrogen) atoms. The van der Waals surface area contributed by atoms with Gasteiger partial charge in [-0.05, 0) is 43.4 Å². The molecule has 0 saturated heterocycles. The number of aryl methyl sites for hydroxylation is 2. The Morgan fingerprint density at radius 3 is 2.74 bits per heavy atom. The van der Waals surface area contributed by atoms with Crippen molar-refractivity contribution in [2.75, 3.05) is 10.6 Å². The molecule has 0 aliphatic heterocycles. The van der Waals surface area contributed by atoms with E-state index < -0.39 is 0 Å². The van der Waals surface area contributed by atoms with Gasteiger partial charge < -0.3 is 10.6 Å². The summed E-state index contributed by atoms with van der Waals surface area (Å²) >= 11 is 1.49. The maximum Gasteiger partial charge on any atom is 0.260 e. The molecule has 0 radical (unpaired) electrons. The Labute approximate surface area is 160 Å². The van der Waals surface area contributed by atoms with E-state index in [-0.39, 0.29) is 11.8 Å². The molecule has 7 nitrogen and oxygen atoms in total. The van der Waals surface area contributed by atoms with Gasteiger partial charge in [0.25, 0.3) is 11.8 Å². The molecule has 3 aromatic rings. The van der Waals surface area contributed by atoms with Crippen LogP contribution in [-0.4, -0.2) is 26.6 Å². The normalized spacial score (nSPS) is 13.1. The van der Waals surface area contributed by atoms with E-state index in [0.29, 0.717) is 21.9 Å². The number of carbonyl (C=O) groups excluding carboxylic acids is 2. The number of aromatic nitrogens is 3. The fourth-order valence-electron chi connectivity index (χ4n) is 3.23. The van der Waals surface area contributed by atoms with Gasteiger partial charge in [-0.15, -0.1) is 11.3 Å². The maximum absolute atomic E-state index is 13.0. The molecule has 3 aromatic heterocycles. The van der Waals surface area contributed by atoms with Gasteiger partial charge in [0, 0.05) is 36.6 Å². The lowest BCUT2D eigenvalue weighted by atomic mass is 9.95. The number of carbonyl (C=O) groups is 2. The predicted octanol–water partition coefficient (Wildman–Crippen LogP) is 3.26. The lowest BCUT2D eigenvalue weighted by Gasteiger charge is -2.12. The van der Waals surface area contributed by atoms with Crippen molar-refractivity contribution in [1.29, 1.82) is 0 Å². The minimum Gasteiger partial charge on any atom is -0.313 e. The van der Waals surface area contributed by atoms with Gasteiger partial charge in [0.15, 0.2) is 5.82 Å². The first kappa shape index (κ1) is 17.4. The number of fused-ring (bicyclic) bond motifs is 1. The van der Waals surface area contributed by atoms with Crippen LogP contribution in [0.1, 0.15) is 44.0 Å². The van der Waals surface area contributed by atoms with Gasteiger partial charge in [-0.1, -0.05) is 0 Å². The molecule has 0 atom stereocenters. The number of rotatable bonds is 4. The largest absolute Gasteiger partial charge is 0.313 e. The van der Waals surface area contributed by atoms with Crippen LogP contribution < -0.4 is 10.6 Å². The number of nitrogens with one attached hydrogen (secondary N) is 2. The molecule has 138 valence electrons. The molecule has 0 spiro atoms. The standard InChI is InChI=1S/C19H19N5O2S/c1-24-10-8-15(23-24)21-18(26)16-13-6-2-3-7-14(13)27-19(16)22-17(25)12-5-4-9-20-11-12/h4-5,8-11H,2-3,6-7H2,1H3,(H,22,25)(H,21,23,26). The molecule has 0 saturated carbocycles. The van der Waals surface area contributed by atoms with E-state index in [2.05, 4.69) is 20.7 Å². The summed E-state index contributed by atoms with van der Waals surface area (Å²) < 4.78 is 1.63. The smallest absolute Gasteiger partial charge is 0.260 e. The molecule has 2 N–H and O–H groups in total. The first-order valence-electron chi connectivity index (χ1n) is 8.79. The highest BCUT2D eigenvalue weighted by molar-refractivity contribution is 7.17. The summed E-state index contributed by atoms with van der Waals surface area (Å²) in [6.45, 7) is 0. The first-order chi connectivity index (χ1) is 13.1. The predicted molar refractivity (Wildman–Crippen MR) is 104 cm³/mol. The number of pyridine rings is 1. The topological polar surface area (TPSA) is 88.9 Å². The van der Waals surface area contributed by atoms with Crippen molar-refractivity contribution in [3.05, 3.63) is 58.4 Å². The summed E-state index contributed by atoms with van der Waals surface area (Å²) in [5.74, 6) is -0.0223. The van der Waals surface area contributed by atoms with E-state index in [1.807, 2.05) is 0 Å². The molecule has 0 unspecified atom stereocenters. The van der Waals surface area contributed by atoms with Gasteiger partial charge in [-0.3, -0.25) is 19.3 Å². The molecule has 3 heterocycles. The number of hydrogen-bond acceptors (Lipinski definition) is 5. The third kappa shape index (κ3) is 3.61. The van der Waals surface area contributed by atoms with Crippen LogP contribution in [0.2, 0.25) is 0 Å². The van der Waals surface area contributed by atoms with Gasteiger partial charge >= 0.3 is 0 Å². The third-order valence-corrected chi connectivity index (χ3v) is 5.71. The molecule has 1 aliphatic carbocycles. The number of amides is 2. The SMILES string of the molecule is Cn1ccc(NC(=O)c2c(NC(=O)c3cccnc3)sc3c2CCCC3)n1. The van der Waals surface area contributed by atoms with Crippen molar-refractivity contribution in [2.45, 2.75) is 25.7 Å². The minimum atomic E-state index is -0.270. The second kappa shape index (κ2) is 7.32. The van der Waals surface area contributed by atoms with Gasteiger partial charge in [0.2, 0.25) is 0 Å². The summed E-state index contributed by atoms with van der Waals surface area (Å²) in [5.41, 5.74) is 2.05. The molecule has 1 aliphatic rings. The third-order valence-electron chi connectivity index (χ3n) is 4.50. The number of nitrogens with zero attached hydrogens (tertiary/aromatic N) is 3. The molecular weight excluding hydrogens is 362 g/mol. The van der Waals surface area contributed by atoms with Crippen molar-refractivity contribution < 1.29 is 9.59 Å². The monoisotopic (exact) mass is 381 g/mol. The summed E-state index contributed by atoms with van der Waals surface area (Å²) in [5, 5.41) is 10.5. The Bertz CT molecular complexity index is 993. The van der Waals surface area contributed by atoms with Crippen LogP contribution in [-0.2, 0) is 19.9 Å². The summed E-state index contributed by atoms with van der Waals surface area (Å²) in [4.78, 5) is 30.7. The van der Waals surface area contributed by atoms with Crippen LogP contribution in [0, 0.1) is 0 Å². The van der Waals surface area contributed by atoms with Crippen LogP contribution in [0.15, 0.2) is 36.8 Å².